The second-order valence-corrected chi connectivity index (χ2v) is 3.84. The third-order valence-electron chi connectivity index (χ3n) is 1.66. The van der Waals surface area contributed by atoms with E-state index in [0.29, 0.717) is 23.9 Å². The molecule has 0 spiro atoms. The number of nitrogens with zero attached hydrogens (tertiary/aromatic N) is 1. The van der Waals surface area contributed by atoms with E-state index in [1.807, 2.05) is 0 Å². The van der Waals surface area contributed by atoms with Gasteiger partial charge in [0.25, 0.3) is 0 Å². The van der Waals surface area contributed by atoms with E-state index in [1.165, 1.54) is 0 Å². The summed E-state index contributed by atoms with van der Waals surface area (Å²) in [4.78, 5) is 4.01. The number of anilines is 3. The summed E-state index contributed by atoms with van der Waals surface area (Å²) >= 11 is 0. The molecule has 1 aromatic heterocycles. The molecule has 0 atom stereocenters. The monoisotopic (exact) mass is 196 g/mol. The minimum absolute atomic E-state index is 0.297. The first-order chi connectivity index (χ1) is 6.38. The zero-order chi connectivity index (χ0) is 10.8. The van der Waals surface area contributed by atoms with E-state index in [2.05, 4.69) is 10.3 Å². The van der Waals surface area contributed by atoms with Crippen LogP contribution in [0.5, 0.6) is 0 Å². The predicted molar refractivity (Wildman–Crippen MR) is 57.8 cm³/mol. The second-order valence-electron chi connectivity index (χ2n) is 3.84. The highest BCUT2D eigenvalue weighted by Crippen LogP contribution is 2.15. The van der Waals surface area contributed by atoms with Crippen molar-refractivity contribution in [2.24, 2.45) is 0 Å². The van der Waals surface area contributed by atoms with Crippen LogP contribution in [0.4, 0.5) is 17.3 Å². The lowest BCUT2D eigenvalue weighted by atomic mass is 10.1. The van der Waals surface area contributed by atoms with E-state index < -0.39 is 5.60 Å². The number of nitrogen functional groups attached to an aromatic ring is 2. The minimum atomic E-state index is -0.780. The van der Waals surface area contributed by atoms with Gasteiger partial charge >= 0.3 is 0 Å². The SMILES string of the molecule is CC(C)(O)CNc1ccc(N)c(N)n1. The highest BCUT2D eigenvalue weighted by molar-refractivity contribution is 5.61. The number of nitrogens with one attached hydrogen (secondary N) is 1. The van der Waals surface area contributed by atoms with Gasteiger partial charge in [-0.1, -0.05) is 0 Å². The van der Waals surface area contributed by atoms with Crippen molar-refractivity contribution < 1.29 is 5.11 Å². The fraction of sp³-hybridized carbons (Fsp3) is 0.444. The summed E-state index contributed by atoms with van der Waals surface area (Å²) in [6.45, 7) is 3.82. The maximum Gasteiger partial charge on any atom is 0.149 e. The highest BCUT2D eigenvalue weighted by atomic mass is 16.3. The first kappa shape index (κ1) is 10.6. The first-order valence-corrected chi connectivity index (χ1v) is 4.37. The van der Waals surface area contributed by atoms with Crippen LogP contribution in [0.25, 0.3) is 0 Å². The molecule has 5 heteroatoms. The average Bonchev–Trinajstić information content (AvgIpc) is 2.06. The summed E-state index contributed by atoms with van der Waals surface area (Å²) in [5.41, 5.74) is 10.7. The van der Waals surface area contributed by atoms with Crippen LogP contribution in [0.1, 0.15) is 13.8 Å². The molecule has 1 rings (SSSR count). The molecule has 0 radical (unpaired) electrons. The van der Waals surface area contributed by atoms with Gasteiger partial charge in [0.2, 0.25) is 0 Å². The van der Waals surface area contributed by atoms with Crippen LogP contribution in [0.3, 0.4) is 0 Å². The molecule has 0 amide bonds. The topological polar surface area (TPSA) is 97.2 Å². The van der Waals surface area contributed by atoms with Crippen LogP contribution in [-0.2, 0) is 0 Å². The normalized spacial score (nSPS) is 11.4. The van der Waals surface area contributed by atoms with Gasteiger partial charge in [0, 0.05) is 6.54 Å². The number of aromatic nitrogens is 1. The van der Waals surface area contributed by atoms with Crippen LogP contribution in [0, 0.1) is 0 Å². The quantitative estimate of drug-likeness (QED) is 0.562. The molecule has 0 aliphatic rings. The van der Waals surface area contributed by atoms with Crippen molar-refractivity contribution in [3.05, 3.63) is 12.1 Å². The lowest BCUT2D eigenvalue weighted by molar-refractivity contribution is 0.0944. The van der Waals surface area contributed by atoms with E-state index in [-0.39, 0.29) is 0 Å². The van der Waals surface area contributed by atoms with E-state index in [0.717, 1.165) is 0 Å². The fourth-order valence-corrected chi connectivity index (χ4v) is 0.891. The summed E-state index contributed by atoms with van der Waals surface area (Å²) in [5.74, 6) is 0.907. The predicted octanol–water partition coefficient (Wildman–Crippen LogP) is 0.429. The zero-order valence-electron chi connectivity index (χ0n) is 8.41. The summed E-state index contributed by atoms with van der Waals surface area (Å²) in [6, 6.07) is 3.40. The Balaban J connectivity index is 2.65. The van der Waals surface area contributed by atoms with Crippen LogP contribution < -0.4 is 16.8 Å². The number of nitrogens with two attached hydrogens (primary N) is 2. The van der Waals surface area contributed by atoms with Crippen molar-refractivity contribution in [2.45, 2.75) is 19.4 Å². The van der Waals surface area contributed by atoms with Crippen LogP contribution >= 0.6 is 0 Å². The third-order valence-corrected chi connectivity index (χ3v) is 1.66. The lowest BCUT2D eigenvalue weighted by Crippen LogP contribution is -2.29. The van der Waals surface area contributed by atoms with Crippen molar-refractivity contribution in [3.8, 4) is 0 Å². The maximum atomic E-state index is 9.46. The number of hydrogen-bond donors (Lipinski definition) is 4. The Morgan fingerprint density at radius 3 is 2.57 bits per heavy atom. The van der Waals surface area contributed by atoms with E-state index >= 15 is 0 Å². The first-order valence-electron chi connectivity index (χ1n) is 4.37. The van der Waals surface area contributed by atoms with E-state index in [9.17, 15) is 5.11 Å². The van der Waals surface area contributed by atoms with Crippen LogP contribution in [-0.4, -0.2) is 22.2 Å². The Morgan fingerprint density at radius 2 is 2.07 bits per heavy atom. The molecule has 0 aliphatic carbocycles. The molecule has 0 fully saturated rings. The minimum Gasteiger partial charge on any atom is -0.396 e. The molecule has 5 nitrogen and oxygen atoms in total. The lowest BCUT2D eigenvalue weighted by Gasteiger charge is -2.18. The van der Waals surface area contributed by atoms with Gasteiger partial charge in [0.1, 0.15) is 11.6 Å². The Kier molecular flexibility index (Phi) is 2.81. The van der Waals surface area contributed by atoms with E-state index in [1.54, 1.807) is 26.0 Å². The molecule has 0 unspecified atom stereocenters. The van der Waals surface area contributed by atoms with Crippen molar-refractivity contribution in [1.29, 1.82) is 0 Å². The van der Waals surface area contributed by atoms with Gasteiger partial charge in [-0.3, -0.25) is 0 Å². The average molecular weight is 196 g/mol. The molecule has 14 heavy (non-hydrogen) atoms. The molecule has 1 aromatic rings. The third kappa shape index (κ3) is 3.10. The van der Waals surface area contributed by atoms with Gasteiger partial charge in [0.15, 0.2) is 0 Å². The van der Waals surface area contributed by atoms with Crippen molar-refractivity contribution in [1.82, 2.24) is 4.98 Å². The molecular formula is C9H16N4O. The summed E-state index contributed by atoms with van der Waals surface area (Å²) in [5, 5.41) is 12.4. The molecule has 0 saturated carbocycles. The fourth-order valence-electron chi connectivity index (χ4n) is 0.891. The van der Waals surface area contributed by atoms with Gasteiger partial charge in [-0.05, 0) is 26.0 Å². The van der Waals surface area contributed by atoms with Gasteiger partial charge in [-0.2, -0.15) is 0 Å². The Bertz CT molecular complexity index is 319. The molecule has 0 aliphatic heterocycles. The van der Waals surface area contributed by atoms with Crippen molar-refractivity contribution >= 4 is 17.3 Å². The van der Waals surface area contributed by atoms with Crippen LogP contribution in [0.2, 0.25) is 0 Å². The maximum absolute atomic E-state index is 9.46. The molecule has 0 aromatic carbocycles. The second kappa shape index (κ2) is 3.71. The van der Waals surface area contributed by atoms with Gasteiger partial charge in [-0.15, -0.1) is 0 Å². The van der Waals surface area contributed by atoms with Crippen molar-refractivity contribution in [3.63, 3.8) is 0 Å². The Labute approximate surface area is 83.1 Å². The molecule has 1 heterocycles. The zero-order valence-corrected chi connectivity index (χ0v) is 8.41. The molecule has 6 N–H and O–H groups in total. The standard InChI is InChI=1S/C9H16N4O/c1-9(2,14)5-12-7-4-3-6(10)8(11)13-7/h3-4,14H,5,10H2,1-2H3,(H3,11,12,13). The van der Waals surface area contributed by atoms with Crippen LogP contribution in [0.15, 0.2) is 12.1 Å². The number of pyridine rings is 1. The van der Waals surface area contributed by atoms with Gasteiger partial charge in [-0.25, -0.2) is 4.98 Å². The number of hydrogen-bond acceptors (Lipinski definition) is 5. The molecular weight excluding hydrogens is 180 g/mol. The van der Waals surface area contributed by atoms with Gasteiger partial charge in [0.05, 0.1) is 11.3 Å². The van der Waals surface area contributed by atoms with E-state index in [4.69, 9.17) is 11.5 Å². The smallest absolute Gasteiger partial charge is 0.149 e. The number of rotatable bonds is 3. The van der Waals surface area contributed by atoms with Crippen molar-refractivity contribution in [2.75, 3.05) is 23.3 Å². The summed E-state index contributed by atoms with van der Waals surface area (Å²) in [6.07, 6.45) is 0. The largest absolute Gasteiger partial charge is 0.396 e. The molecule has 0 saturated heterocycles. The summed E-state index contributed by atoms with van der Waals surface area (Å²) < 4.78 is 0. The number of aliphatic hydroxyl groups is 1. The Hall–Kier alpha value is -1.49. The van der Waals surface area contributed by atoms with Gasteiger partial charge < -0.3 is 21.9 Å². The highest BCUT2D eigenvalue weighted by Gasteiger charge is 2.11. The summed E-state index contributed by atoms with van der Waals surface area (Å²) in [7, 11) is 0. The molecule has 0 bridgehead atoms. The Morgan fingerprint density at radius 1 is 1.43 bits per heavy atom. The molecule has 78 valence electrons.